The van der Waals surface area contributed by atoms with Gasteiger partial charge in [0.2, 0.25) is 5.91 Å². The monoisotopic (exact) mass is 426 g/mol. The van der Waals surface area contributed by atoms with Gasteiger partial charge in [0.1, 0.15) is 11.6 Å². The molecule has 0 spiro atoms. The van der Waals surface area contributed by atoms with Crippen molar-refractivity contribution in [3.05, 3.63) is 81.9 Å². The molecule has 1 N–H and O–H groups in total. The molecule has 1 saturated heterocycles. The zero-order valence-corrected chi connectivity index (χ0v) is 16.8. The van der Waals surface area contributed by atoms with Gasteiger partial charge in [0, 0.05) is 29.9 Å². The van der Waals surface area contributed by atoms with Crippen LogP contribution in [0.15, 0.2) is 65.5 Å². The first-order valence-electron chi connectivity index (χ1n) is 9.67. The Balaban J connectivity index is 1.51. The molecule has 8 heteroatoms. The lowest BCUT2D eigenvalue weighted by Crippen LogP contribution is -2.41. The molecule has 4 rings (SSSR count). The van der Waals surface area contributed by atoms with Crippen LogP contribution in [0, 0.1) is 11.7 Å². The molecule has 1 aromatic heterocycles. The van der Waals surface area contributed by atoms with Crippen LogP contribution >= 0.6 is 11.6 Å². The molecule has 2 aromatic carbocycles. The van der Waals surface area contributed by atoms with Crippen LogP contribution in [-0.2, 0) is 4.79 Å². The van der Waals surface area contributed by atoms with Crippen LogP contribution in [0.1, 0.15) is 12.8 Å². The zero-order valence-electron chi connectivity index (χ0n) is 16.1. The van der Waals surface area contributed by atoms with Crippen molar-refractivity contribution in [1.82, 2.24) is 9.78 Å². The maximum absolute atomic E-state index is 13.2. The summed E-state index contributed by atoms with van der Waals surface area (Å²) in [6.07, 6.45) is 1.60. The van der Waals surface area contributed by atoms with E-state index in [9.17, 15) is 14.0 Å². The van der Waals surface area contributed by atoms with E-state index in [1.165, 1.54) is 35.0 Å². The third kappa shape index (κ3) is 4.52. The largest absolute Gasteiger partial charge is 0.354 e. The van der Waals surface area contributed by atoms with E-state index in [-0.39, 0.29) is 23.2 Å². The maximum Gasteiger partial charge on any atom is 0.271 e. The van der Waals surface area contributed by atoms with Gasteiger partial charge >= 0.3 is 0 Å². The van der Waals surface area contributed by atoms with Crippen molar-refractivity contribution >= 4 is 29.0 Å². The molecule has 1 atom stereocenters. The van der Waals surface area contributed by atoms with Crippen LogP contribution in [0.5, 0.6) is 0 Å². The fourth-order valence-electron chi connectivity index (χ4n) is 3.51. The lowest BCUT2D eigenvalue weighted by molar-refractivity contribution is -0.120. The van der Waals surface area contributed by atoms with Gasteiger partial charge in [-0.25, -0.2) is 4.39 Å². The molecule has 0 aliphatic carbocycles. The summed E-state index contributed by atoms with van der Waals surface area (Å²) in [6.45, 7) is 1.23. The van der Waals surface area contributed by atoms with Crippen LogP contribution in [0.3, 0.4) is 0 Å². The van der Waals surface area contributed by atoms with Gasteiger partial charge in [0.05, 0.1) is 11.6 Å². The van der Waals surface area contributed by atoms with Gasteiger partial charge in [-0.05, 0) is 67.4 Å². The summed E-state index contributed by atoms with van der Waals surface area (Å²) in [5, 5.41) is 7.98. The van der Waals surface area contributed by atoms with Crippen LogP contribution in [0.4, 0.5) is 15.9 Å². The average molecular weight is 427 g/mol. The molecule has 0 radical (unpaired) electrons. The first kappa shape index (κ1) is 20.1. The minimum absolute atomic E-state index is 0.0612. The number of nitrogens with zero attached hydrogens (tertiary/aromatic N) is 3. The summed E-state index contributed by atoms with van der Waals surface area (Å²) in [5.41, 5.74) is 0.876. The number of nitrogens with one attached hydrogen (secondary N) is 1. The molecule has 1 aliphatic heterocycles. The Kier molecular flexibility index (Phi) is 5.81. The molecular weight excluding hydrogens is 407 g/mol. The zero-order chi connectivity index (χ0) is 21.1. The van der Waals surface area contributed by atoms with Crippen molar-refractivity contribution in [2.24, 2.45) is 5.92 Å². The summed E-state index contributed by atoms with van der Waals surface area (Å²) in [7, 11) is 0. The Bertz CT molecular complexity index is 1100. The minimum Gasteiger partial charge on any atom is -0.354 e. The highest BCUT2D eigenvalue weighted by atomic mass is 35.5. The highest BCUT2D eigenvalue weighted by Gasteiger charge is 2.27. The second kappa shape index (κ2) is 8.67. The van der Waals surface area contributed by atoms with Gasteiger partial charge in [-0.15, -0.1) is 5.10 Å². The number of amides is 1. The standard InChI is InChI=1S/C22H20ClFN4O2/c23-16-3-7-18(8-4-16)25-22(30)15-2-1-13-27(14-15)20-11-12-21(29)28(26-20)19-9-5-17(24)6-10-19/h3-12,15H,1-2,13-14H2,(H,25,30). The van der Waals surface area contributed by atoms with Crippen molar-refractivity contribution in [3.63, 3.8) is 0 Å². The Morgan fingerprint density at radius 3 is 2.53 bits per heavy atom. The molecule has 2 heterocycles. The molecule has 1 aliphatic rings. The van der Waals surface area contributed by atoms with Gasteiger partial charge in [-0.1, -0.05) is 11.6 Å². The van der Waals surface area contributed by atoms with E-state index in [1.807, 2.05) is 4.90 Å². The van der Waals surface area contributed by atoms with E-state index in [2.05, 4.69) is 10.4 Å². The first-order valence-corrected chi connectivity index (χ1v) is 10.0. The average Bonchev–Trinajstić information content (AvgIpc) is 2.76. The fraction of sp³-hybridized carbons (Fsp3) is 0.227. The van der Waals surface area contributed by atoms with Crippen molar-refractivity contribution < 1.29 is 9.18 Å². The number of halogens is 2. The highest BCUT2D eigenvalue weighted by Crippen LogP contribution is 2.23. The summed E-state index contributed by atoms with van der Waals surface area (Å²) in [4.78, 5) is 27.0. The number of benzene rings is 2. The Labute approximate surface area is 177 Å². The normalized spacial score (nSPS) is 16.3. The lowest BCUT2D eigenvalue weighted by Gasteiger charge is -2.32. The molecule has 1 amide bonds. The van der Waals surface area contributed by atoms with Gasteiger partial charge in [-0.3, -0.25) is 9.59 Å². The molecule has 1 fully saturated rings. The van der Waals surface area contributed by atoms with Crippen LogP contribution in [0.2, 0.25) is 5.02 Å². The smallest absolute Gasteiger partial charge is 0.271 e. The van der Waals surface area contributed by atoms with Crippen molar-refractivity contribution in [3.8, 4) is 5.69 Å². The van der Waals surface area contributed by atoms with Crippen LogP contribution in [-0.4, -0.2) is 28.8 Å². The molecule has 0 bridgehead atoms. The van der Waals surface area contributed by atoms with Gasteiger partial charge in [0.25, 0.3) is 5.56 Å². The third-order valence-corrected chi connectivity index (χ3v) is 5.34. The van der Waals surface area contributed by atoms with Crippen molar-refractivity contribution in [2.75, 3.05) is 23.3 Å². The van der Waals surface area contributed by atoms with Gasteiger partial charge in [-0.2, -0.15) is 4.68 Å². The molecule has 30 heavy (non-hydrogen) atoms. The number of anilines is 2. The number of aromatic nitrogens is 2. The Hall–Kier alpha value is -3.19. The van der Waals surface area contributed by atoms with E-state index in [1.54, 1.807) is 30.3 Å². The molecule has 154 valence electrons. The van der Waals surface area contributed by atoms with Crippen molar-refractivity contribution in [1.29, 1.82) is 0 Å². The topological polar surface area (TPSA) is 67.2 Å². The number of hydrogen-bond donors (Lipinski definition) is 1. The second-order valence-electron chi connectivity index (χ2n) is 7.20. The van der Waals surface area contributed by atoms with E-state index in [4.69, 9.17) is 11.6 Å². The molecule has 3 aromatic rings. The van der Waals surface area contributed by atoms with Gasteiger partial charge in [0.15, 0.2) is 0 Å². The SMILES string of the molecule is O=C(Nc1ccc(Cl)cc1)C1CCCN(c2ccc(=O)n(-c3ccc(F)cc3)n2)C1. The number of carbonyl (C=O) groups excluding carboxylic acids is 1. The minimum atomic E-state index is -0.381. The maximum atomic E-state index is 13.2. The number of carbonyl (C=O) groups is 1. The number of piperidine rings is 1. The van der Waals surface area contributed by atoms with Crippen LogP contribution in [0.25, 0.3) is 5.69 Å². The first-order chi connectivity index (χ1) is 14.5. The van der Waals surface area contributed by atoms with Gasteiger partial charge < -0.3 is 10.2 Å². The predicted octanol–water partition coefficient (Wildman–Crippen LogP) is 3.88. The van der Waals surface area contributed by atoms with E-state index >= 15 is 0 Å². The highest BCUT2D eigenvalue weighted by molar-refractivity contribution is 6.30. The summed E-state index contributed by atoms with van der Waals surface area (Å²) in [5.74, 6) is -0.0484. The van der Waals surface area contributed by atoms with Crippen LogP contribution < -0.4 is 15.8 Å². The Morgan fingerprint density at radius 1 is 1.07 bits per heavy atom. The third-order valence-electron chi connectivity index (χ3n) is 5.09. The number of rotatable bonds is 4. The van der Waals surface area contributed by atoms with E-state index < -0.39 is 0 Å². The van der Waals surface area contributed by atoms with E-state index in [0.717, 1.165) is 19.4 Å². The predicted molar refractivity (Wildman–Crippen MR) is 115 cm³/mol. The second-order valence-corrected chi connectivity index (χ2v) is 7.64. The quantitative estimate of drug-likeness (QED) is 0.687. The summed E-state index contributed by atoms with van der Waals surface area (Å²) < 4.78 is 14.4. The lowest BCUT2D eigenvalue weighted by atomic mass is 9.97. The number of hydrogen-bond acceptors (Lipinski definition) is 4. The molecular formula is C22H20ClFN4O2. The molecule has 6 nitrogen and oxygen atoms in total. The molecule has 0 saturated carbocycles. The summed E-state index contributed by atoms with van der Waals surface area (Å²) in [6, 6.07) is 15.7. The van der Waals surface area contributed by atoms with E-state index in [0.29, 0.717) is 28.8 Å². The Morgan fingerprint density at radius 2 is 1.80 bits per heavy atom. The van der Waals surface area contributed by atoms with Crippen molar-refractivity contribution in [2.45, 2.75) is 12.8 Å². The molecule has 1 unspecified atom stereocenters. The fourth-order valence-corrected chi connectivity index (χ4v) is 3.64. The summed E-state index contributed by atoms with van der Waals surface area (Å²) >= 11 is 5.89.